The van der Waals surface area contributed by atoms with Gasteiger partial charge in [-0.05, 0) is 43.6 Å². The largest absolute Gasteiger partial charge is 0.468 e. The summed E-state index contributed by atoms with van der Waals surface area (Å²) in [7, 11) is -2.81. The third-order valence-electron chi connectivity index (χ3n) is 5.01. The summed E-state index contributed by atoms with van der Waals surface area (Å²) in [5.74, 6) is 0.305. The number of thioether (sulfide) groups is 1. The van der Waals surface area contributed by atoms with Crippen LogP contribution in [0.25, 0.3) is 0 Å². The zero-order valence-corrected chi connectivity index (χ0v) is 21.3. The lowest BCUT2D eigenvalue weighted by Gasteiger charge is -2.25. The minimum absolute atomic E-state index is 0.197. The van der Waals surface area contributed by atoms with Crippen LogP contribution < -0.4 is 20.9 Å². The van der Waals surface area contributed by atoms with Crippen LogP contribution in [0.1, 0.15) is 18.2 Å². The second-order valence-corrected chi connectivity index (χ2v) is 10.3. The van der Waals surface area contributed by atoms with Crippen molar-refractivity contribution in [2.75, 3.05) is 25.7 Å². The Morgan fingerprint density at radius 3 is 2.71 bits per heavy atom. The minimum atomic E-state index is -4.06. The molecule has 13 heteroatoms. The number of aryl methyl sites for hydroxylation is 1. The number of nitrogens with zero attached hydrogens (tertiary/aromatic N) is 1. The number of H-pyrrole nitrogens is 1. The molecule has 0 saturated carbocycles. The van der Waals surface area contributed by atoms with Gasteiger partial charge in [-0.3, -0.25) is 23.7 Å². The summed E-state index contributed by atoms with van der Waals surface area (Å²) < 4.78 is 36.9. The number of hydrogen-bond acceptors (Lipinski definition) is 9. The van der Waals surface area contributed by atoms with Crippen LogP contribution in [0.3, 0.4) is 0 Å². The molecule has 0 bridgehead atoms. The van der Waals surface area contributed by atoms with E-state index in [-0.39, 0.29) is 12.4 Å². The molecule has 35 heavy (non-hydrogen) atoms. The molecule has 1 aliphatic rings. The molecule has 3 rings (SSSR count). The van der Waals surface area contributed by atoms with E-state index in [4.69, 9.17) is 18.5 Å². The average Bonchev–Trinajstić information content (AvgIpc) is 3.32. The smallest absolute Gasteiger partial charge is 0.459 e. The molecule has 0 saturated heterocycles. The molecule has 11 nitrogen and oxygen atoms in total. The first-order chi connectivity index (χ1) is 16.7. The quantitative estimate of drug-likeness (QED) is 0.241. The Labute approximate surface area is 206 Å². The number of hydrogen-bond donors (Lipinski definition) is 2. The van der Waals surface area contributed by atoms with Gasteiger partial charge < -0.3 is 14.0 Å². The summed E-state index contributed by atoms with van der Waals surface area (Å²) >= 11 is 1.52. The fourth-order valence-electron chi connectivity index (χ4n) is 3.20. The molecule has 0 amide bonds. The molecule has 0 aliphatic carbocycles. The van der Waals surface area contributed by atoms with Gasteiger partial charge in [0.25, 0.3) is 5.56 Å². The van der Waals surface area contributed by atoms with Gasteiger partial charge >= 0.3 is 19.4 Å². The molecule has 0 fully saturated rings. The summed E-state index contributed by atoms with van der Waals surface area (Å²) in [6.07, 6.45) is 5.46. The number of esters is 1. The maximum absolute atomic E-state index is 13.7. The second-order valence-electron chi connectivity index (χ2n) is 7.61. The fourth-order valence-corrected chi connectivity index (χ4v) is 5.21. The number of carbonyl (C=O) groups is 1. The standard InChI is InChI=1S/C22H28N3O8PS/c1-15-13-25(22(28)23-20(15)26)19-10-9-17(32-19)14-31-34(29,33-16-7-5-4-6-8-16)24-18(11-12-35-3)21(27)30-2/h4-10,13,17-19H,11-12,14H2,1-3H3,(H,24,29)(H,23,26,28). The van der Waals surface area contributed by atoms with Crippen molar-refractivity contribution >= 4 is 25.5 Å². The van der Waals surface area contributed by atoms with Gasteiger partial charge in [0.1, 0.15) is 17.9 Å². The van der Waals surface area contributed by atoms with Crippen molar-refractivity contribution in [2.45, 2.75) is 31.7 Å². The summed E-state index contributed by atoms with van der Waals surface area (Å²) in [6.45, 7) is 1.38. The summed E-state index contributed by atoms with van der Waals surface area (Å²) in [4.78, 5) is 38.3. The van der Waals surface area contributed by atoms with E-state index < -0.39 is 43.3 Å². The predicted octanol–water partition coefficient (Wildman–Crippen LogP) is 2.39. The lowest BCUT2D eigenvalue weighted by molar-refractivity contribution is -0.142. The van der Waals surface area contributed by atoms with Crippen molar-refractivity contribution in [3.8, 4) is 5.75 Å². The molecule has 2 aromatic rings. The first kappa shape index (κ1) is 27.0. The number of carbonyl (C=O) groups excluding carboxylic acids is 1. The number of nitrogens with one attached hydrogen (secondary N) is 2. The Morgan fingerprint density at radius 1 is 1.29 bits per heavy atom. The number of aromatic nitrogens is 2. The van der Waals surface area contributed by atoms with Gasteiger partial charge in [0.05, 0.1) is 13.7 Å². The highest BCUT2D eigenvalue weighted by atomic mass is 32.2. The van der Waals surface area contributed by atoms with Gasteiger partial charge in [-0.2, -0.15) is 16.8 Å². The van der Waals surface area contributed by atoms with Crippen LogP contribution in [0.5, 0.6) is 5.75 Å². The minimum Gasteiger partial charge on any atom is -0.468 e. The summed E-state index contributed by atoms with van der Waals surface area (Å²) in [5, 5.41) is 2.70. The van der Waals surface area contributed by atoms with Crippen molar-refractivity contribution in [1.29, 1.82) is 0 Å². The lowest BCUT2D eigenvalue weighted by atomic mass is 10.2. The highest BCUT2D eigenvalue weighted by Crippen LogP contribution is 2.45. The van der Waals surface area contributed by atoms with Crippen molar-refractivity contribution in [3.05, 3.63) is 75.1 Å². The van der Waals surface area contributed by atoms with Crippen LogP contribution in [0.2, 0.25) is 0 Å². The first-order valence-corrected chi connectivity index (χ1v) is 13.7. The molecule has 1 aromatic carbocycles. The van der Waals surface area contributed by atoms with Gasteiger partial charge in [-0.25, -0.2) is 9.36 Å². The van der Waals surface area contributed by atoms with Crippen LogP contribution in [-0.4, -0.2) is 53.4 Å². The van der Waals surface area contributed by atoms with Crippen LogP contribution in [0.4, 0.5) is 0 Å². The number of ether oxygens (including phenoxy) is 2. The van der Waals surface area contributed by atoms with E-state index in [1.807, 2.05) is 6.26 Å². The second kappa shape index (κ2) is 12.4. The topological polar surface area (TPSA) is 138 Å². The van der Waals surface area contributed by atoms with E-state index in [0.717, 1.165) is 0 Å². The Kier molecular flexibility index (Phi) is 9.53. The van der Waals surface area contributed by atoms with Crippen LogP contribution in [0, 0.1) is 6.92 Å². The van der Waals surface area contributed by atoms with Crippen LogP contribution in [0.15, 0.2) is 58.3 Å². The maximum atomic E-state index is 13.7. The van der Waals surface area contributed by atoms with Gasteiger partial charge in [0, 0.05) is 11.8 Å². The Hall–Kier alpha value is -2.63. The Morgan fingerprint density at radius 2 is 2.03 bits per heavy atom. The molecule has 4 unspecified atom stereocenters. The van der Waals surface area contributed by atoms with Gasteiger partial charge in [-0.15, -0.1) is 0 Å². The van der Waals surface area contributed by atoms with Crippen LogP contribution >= 0.6 is 19.5 Å². The Balaban J connectivity index is 1.73. The van der Waals surface area contributed by atoms with Crippen molar-refractivity contribution in [1.82, 2.24) is 14.6 Å². The molecule has 2 N–H and O–H groups in total. The zero-order valence-electron chi connectivity index (χ0n) is 19.5. The van der Waals surface area contributed by atoms with E-state index >= 15 is 0 Å². The lowest BCUT2D eigenvalue weighted by Crippen LogP contribution is -2.38. The molecule has 190 valence electrons. The van der Waals surface area contributed by atoms with Gasteiger partial charge in [0.15, 0.2) is 6.23 Å². The van der Waals surface area contributed by atoms with Crippen molar-refractivity contribution < 1.29 is 27.9 Å². The average molecular weight is 526 g/mol. The molecule has 0 spiro atoms. The van der Waals surface area contributed by atoms with Gasteiger partial charge in [-0.1, -0.05) is 24.3 Å². The molecular weight excluding hydrogens is 497 g/mol. The molecule has 1 aliphatic heterocycles. The van der Waals surface area contributed by atoms with Gasteiger partial charge in [0.2, 0.25) is 0 Å². The predicted molar refractivity (Wildman–Crippen MR) is 132 cm³/mol. The normalized spacial score (nSPS) is 19.7. The van der Waals surface area contributed by atoms with Crippen LogP contribution in [-0.2, 0) is 23.4 Å². The first-order valence-electron chi connectivity index (χ1n) is 10.7. The number of aromatic amines is 1. The van der Waals surface area contributed by atoms with E-state index in [2.05, 4.69) is 10.1 Å². The molecule has 1 aromatic heterocycles. The third-order valence-corrected chi connectivity index (χ3v) is 7.22. The summed E-state index contributed by atoms with van der Waals surface area (Å²) in [5.41, 5.74) is -0.739. The molecular formula is C22H28N3O8PS. The number of rotatable bonds is 12. The summed E-state index contributed by atoms with van der Waals surface area (Å²) in [6, 6.07) is 7.50. The van der Waals surface area contributed by atoms with Crippen molar-refractivity contribution in [2.24, 2.45) is 0 Å². The fraction of sp³-hybridized carbons (Fsp3) is 0.409. The zero-order chi connectivity index (χ0) is 25.4. The maximum Gasteiger partial charge on any atom is 0.459 e. The van der Waals surface area contributed by atoms with E-state index in [0.29, 0.717) is 17.7 Å². The number of methoxy groups -OCH3 is 1. The van der Waals surface area contributed by atoms with E-state index in [1.54, 1.807) is 49.4 Å². The van der Waals surface area contributed by atoms with E-state index in [1.165, 1.54) is 29.6 Å². The SMILES string of the molecule is COC(=O)C(CCSC)NP(=O)(OCC1C=CC(n2cc(C)c(=O)[nH]c2=O)O1)Oc1ccccc1. The molecule has 2 heterocycles. The third kappa shape index (κ3) is 7.42. The number of benzene rings is 1. The van der Waals surface area contributed by atoms with Crippen molar-refractivity contribution in [3.63, 3.8) is 0 Å². The highest BCUT2D eigenvalue weighted by Gasteiger charge is 2.35. The molecule has 0 radical (unpaired) electrons. The monoisotopic (exact) mass is 525 g/mol. The highest BCUT2D eigenvalue weighted by molar-refractivity contribution is 7.98. The van der Waals surface area contributed by atoms with E-state index in [9.17, 15) is 18.9 Å². The molecule has 4 atom stereocenters. The Bertz CT molecular complexity index is 1200. The number of para-hydroxylation sites is 1.